The number of sulfonamides is 2. The van der Waals surface area contributed by atoms with E-state index in [-0.39, 0.29) is 21.9 Å². The molecule has 1 aliphatic rings. The molecule has 0 saturated carbocycles. The lowest BCUT2D eigenvalue weighted by molar-refractivity contribution is -0.274. The molecule has 0 aromatic heterocycles. The molecule has 2 aromatic carbocycles. The summed E-state index contributed by atoms with van der Waals surface area (Å²) < 4.78 is 95.2. The van der Waals surface area contributed by atoms with Crippen LogP contribution in [0, 0.1) is 0 Å². The molecule has 0 amide bonds. The Hall–Kier alpha value is -2.15. The zero-order chi connectivity index (χ0) is 22.7. The minimum atomic E-state index is -4.89. The van der Waals surface area contributed by atoms with Gasteiger partial charge in [-0.05, 0) is 48.7 Å². The first-order valence-corrected chi connectivity index (χ1v) is 12.3. The van der Waals surface area contributed by atoms with Crippen molar-refractivity contribution in [1.82, 2.24) is 9.03 Å². The number of benzene rings is 2. The maximum atomic E-state index is 13.0. The minimum Gasteiger partial charge on any atom is -0.406 e. The van der Waals surface area contributed by atoms with Gasteiger partial charge in [0.15, 0.2) is 0 Å². The first kappa shape index (κ1) is 23.5. The van der Waals surface area contributed by atoms with Crippen LogP contribution in [0.2, 0.25) is 0 Å². The van der Waals surface area contributed by atoms with E-state index in [1.807, 2.05) is 0 Å². The monoisotopic (exact) mass is 478 g/mol. The molecule has 0 bridgehead atoms. The first-order valence-electron chi connectivity index (χ1n) is 9.43. The van der Waals surface area contributed by atoms with Gasteiger partial charge in [0.25, 0.3) is 0 Å². The van der Waals surface area contributed by atoms with E-state index in [9.17, 15) is 30.0 Å². The third-order valence-electron chi connectivity index (χ3n) is 4.73. The highest BCUT2D eigenvalue weighted by atomic mass is 32.2. The quantitative estimate of drug-likeness (QED) is 0.660. The number of ether oxygens (including phenoxy) is 1. The fraction of sp³-hybridized carbons (Fsp3) is 0.368. The van der Waals surface area contributed by atoms with Crippen LogP contribution in [0.4, 0.5) is 13.2 Å². The van der Waals surface area contributed by atoms with Crippen LogP contribution in [0.15, 0.2) is 58.3 Å². The molecule has 2 aromatic rings. The second kappa shape index (κ2) is 9.15. The Bertz CT molecular complexity index is 1110. The number of hydrogen-bond donors (Lipinski definition) is 1. The summed E-state index contributed by atoms with van der Waals surface area (Å²) in [6.07, 6.45) is -2.40. The van der Waals surface area contributed by atoms with Gasteiger partial charge in [0.2, 0.25) is 20.0 Å². The van der Waals surface area contributed by atoms with Gasteiger partial charge in [-0.1, -0.05) is 24.6 Å². The zero-order valence-electron chi connectivity index (χ0n) is 16.3. The third kappa shape index (κ3) is 5.97. The first-order chi connectivity index (χ1) is 14.5. The van der Waals surface area contributed by atoms with Crippen molar-refractivity contribution < 1.29 is 34.7 Å². The van der Waals surface area contributed by atoms with Crippen LogP contribution >= 0.6 is 0 Å². The van der Waals surface area contributed by atoms with Crippen LogP contribution in [0.5, 0.6) is 5.75 Å². The molecular weight excluding hydrogens is 457 g/mol. The van der Waals surface area contributed by atoms with Crippen molar-refractivity contribution in [1.29, 1.82) is 0 Å². The summed E-state index contributed by atoms with van der Waals surface area (Å²) in [7, 11) is -7.87. The lowest BCUT2D eigenvalue weighted by Gasteiger charge is -2.26. The highest BCUT2D eigenvalue weighted by molar-refractivity contribution is 7.89. The number of piperidine rings is 1. The van der Waals surface area contributed by atoms with Crippen LogP contribution < -0.4 is 9.46 Å². The molecule has 1 aliphatic heterocycles. The van der Waals surface area contributed by atoms with Crippen molar-refractivity contribution in [2.24, 2.45) is 0 Å². The van der Waals surface area contributed by atoms with Crippen molar-refractivity contribution in [3.8, 4) is 5.75 Å². The number of hydrogen-bond acceptors (Lipinski definition) is 5. The van der Waals surface area contributed by atoms with Gasteiger partial charge in [-0.15, -0.1) is 13.2 Å². The van der Waals surface area contributed by atoms with Crippen LogP contribution in [0.3, 0.4) is 0 Å². The molecule has 0 aliphatic carbocycles. The Morgan fingerprint density at radius 2 is 1.52 bits per heavy atom. The van der Waals surface area contributed by atoms with Crippen LogP contribution in [0.1, 0.15) is 24.8 Å². The molecule has 1 fully saturated rings. The van der Waals surface area contributed by atoms with E-state index in [4.69, 9.17) is 0 Å². The van der Waals surface area contributed by atoms with Gasteiger partial charge in [0.1, 0.15) is 5.75 Å². The van der Waals surface area contributed by atoms with Gasteiger partial charge < -0.3 is 4.74 Å². The van der Waals surface area contributed by atoms with E-state index in [1.54, 1.807) is 12.1 Å². The van der Waals surface area contributed by atoms with Gasteiger partial charge in [-0.2, -0.15) is 4.31 Å². The van der Waals surface area contributed by atoms with Crippen molar-refractivity contribution in [2.75, 3.05) is 13.1 Å². The molecule has 170 valence electrons. The Morgan fingerprint density at radius 1 is 0.903 bits per heavy atom. The molecule has 1 saturated heterocycles. The highest BCUT2D eigenvalue weighted by Crippen LogP contribution is 2.25. The Morgan fingerprint density at radius 3 is 2.13 bits per heavy atom. The summed E-state index contributed by atoms with van der Waals surface area (Å²) in [5, 5.41) is 0. The summed E-state index contributed by atoms with van der Waals surface area (Å²) in [5.41, 5.74) is 0.272. The van der Waals surface area contributed by atoms with E-state index in [2.05, 4.69) is 9.46 Å². The predicted molar refractivity (Wildman–Crippen MR) is 106 cm³/mol. The number of nitrogens with zero attached hydrogens (tertiary/aromatic N) is 1. The number of nitrogens with one attached hydrogen (secondary N) is 1. The lowest BCUT2D eigenvalue weighted by Crippen LogP contribution is -2.36. The molecule has 12 heteroatoms. The SMILES string of the molecule is O=S(=O)(NCc1ccccc1S(=O)(=O)N1CCCCC1)c1ccc(OC(F)(F)F)cc1. The van der Waals surface area contributed by atoms with Gasteiger partial charge in [-0.25, -0.2) is 21.6 Å². The van der Waals surface area contributed by atoms with Crippen LogP contribution in [-0.4, -0.2) is 40.6 Å². The van der Waals surface area contributed by atoms with Crippen molar-refractivity contribution in [2.45, 2.75) is 42.0 Å². The summed E-state index contributed by atoms with van der Waals surface area (Å²) in [5.74, 6) is -0.551. The van der Waals surface area contributed by atoms with Crippen molar-refractivity contribution in [3.63, 3.8) is 0 Å². The van der Waals surface area contributed by atoms with Gasteiger partial charge in [-0.3, -0.25) is 0 Å². The van der Waals surface area contributed by atoms with E-state index in [0.717, 1.165) is 43.5 Å². The molecule has 0 radical (unpaired) electrons. The van der Waals surface area contributed by atoms with Gasteiger partial charge in [0.05, 0.1) is 9.79 Å². The highest BCUT2D eigenvalue weighted by Gasteiger charge is 2.31. The second-order valence-electron chi connectivity index (χ2n) is 6.92. The summed E-state index contributed by atoms with van der Waals surface area (Å²) in [6.45, 7) is 0.524. The third-order valence-corrected chi connectivity index (χ3v) is 8.14. The smallest absolute Gasteiger partial charge is 0.406 e. The van der Waals surface area contributed by atoms with E-state index in [1.165, 1.54) is 16.4 Å². The maximum absolute atomic E-state index is 13.0. The fourth-order valence-electron chi connectivity index (χ4n) is 3.22. The Balaban J connectivity index is 1.77. The van der Waals surface area contributed by atoms with Gasteiger partial charge in [0, 0.05) is 19.6 Å². The second-order valence-corrected chi connectivity index (χ2v) is 10.6. The molecule has 31 heavy (non-hydrogen) atoms. The molecule has 3 rings (SSSR count). The lowest BCUT2D eigenvalue weighted by atomic mass is 10.2. The number of halogens is 3. The normalized spacial score (nSPS) is 16.2. The molecule has 0 atom stereocenters. The maximum Gasteiger partial charge on any atom is 0.573 e. The molecule has 0 unspecified atom stereocenters. The van der Waals surface area contributed by atoms with Crippen molar-refractivity contribution in [3.05, 3.63) is 54.1 Å². The number of rotatable bonds is 7. The van der Waals surface area contributed by atoms with E-state index in [0.29, 0.717) is 13.1 Å². The Labute approximate surface area is 178 Å². The number of alkyl halides is 3. The van der Waals surface area contributed by atoms with Gasteiger partial charge >= 0.3 is 6.36 Å². The molecule has 0 spiro atoms. The van der Waals surface area contributed by atoms with Crippen molar-refractivity contribution >= 4 is 20.0 Å². The molecule has 1 heterocycles. The molecular formula is C19H21F3N2O5S2. The average Bonchev–Trinajstić information content (AvgIpc) is 2.72. The molecule has 1 N–H and O–H groups in total. The topological polar surface area (TPSA) is 92.8 Å². The standard InChI is InChI=1S/C19H21F3N2O5S2/c20-19(21,22)29-16-8-10-17(11-9-16)30(25,26)23-14-15-6-2-3-7-18(15)31(27,28)24-12-4-1-5-13-24/h2-3,6-11,23H,1,4-5,12-14H2. The van der Waals surface area contributed by atoms with Crippen LogP contribution in [0.25, 0.3) is 0 Å². The summed E-state index contributed by atoms with van der Waals surface area (Å²) >= 11 is 0. The fourth-order valence-corrected chi connectivity index (χ4v) is 5.97. The zero-order valence-corrected chi connectivity index (χ0v) is 17.9. The largest absolute Gasteiger partial charge is 0.573 e. The van der Waals surface area contributed by atoms with E-state index < -0.39 is 32.2 Å². The molecule has 7 nitrogen and oxygen atoms in total. The Kier molecular flexibility index (Phi) is 6.94. The van der Waals surface area contributed by atoms with Crippen LogP contribution in [-0.2, 0) is 26.6 Å². The predicted octanol–water partition coefficient (Wildman–Crippen LogP) is 3.24. The minimum absolute atomic E-state index is 0.0218. The summed E-state index contributed by atoms with van der Waals surface area (Å²) in [4.78, 5) is -0.257. The van der Waals surface area contributed by atoms with E-state index >= 15 is 0 Å². The summed E-state index contributed by atoms with van der Waals surface area (Å²) in [6, 6.07) is 9.82. The average molecular weight is 479 g/mol.